The number of aryl methyl sites for hydroxylation is 2. The number of nitrogens with zero attached hydrogens (tertiary/aromatic N) is 7. The molecule has 0 aromatic carbocycles. The topological polar surface area (TPSA) is 61.3 Å². The summed E-state index contributed by atoms with van der Waals surface area (Å²) in [6, 6.07) is 2.11. The molecule has 7 nitrogen and oxygen atoms in total. The smallest absolute Gasteiger partial charge is 0.227 e. The van der Waals surface area contributed by atoms with Crippen LogP contribution >= 0.6 is 0 Å². The number of hydrogen-bond acceptors (Lipinski definition) is 7. The van der Waals surface area contributed by atoms with Crippen LogP contribution in [0, 0.1) is 6.92 Å². The van der Waals surface area contributed by atoms with Gasteiger partial charge in [0.05, 0.1) is 0 Å². The van der Waals surface area contributed by atoms with Gasteiger partial charge in [0.15, 0.2) is 0 Å². The minimum atomic E-state index is 0.824. The Morgan fingerprint density at radius 3 is 2.04 bits per heavy atom. The fourth-order valence-electron chi connectivity index (χ4n) is 3.59. The maximum Gasteiger partial charge on any atom is 0.227 e. The highest BCUT2D eigenvalue weighted by Gasteiger charge is 2.22. The average Bonchev–Trinajstić information content (AvgIpc) is 3.23. The molecule has 4 heterocycles. The second-order valence-electron chi connectivity index (χ2n) is 7.08. The quantitative estimate of drug-likeness (QED) is 0.834. The SMILES string of the molecule is CCc1cnc(N2CCN(c3nc(C)cc(N4CCCC4)n3)CC2)nc1. The number of anilines is 3. The zero-order valence-electron chi connectivity index (χ0n) is 15.7. The highest BCUT2D eigenvalue weighted by Crippen LogP contribution is 2.22. The molecule has 138 valence electrons. The Morgan fingerprint density at radius 1 is 0.808 bits per heavy atom. The molecule has 0 N–H and O–H groups in total. The molecule has 0 amide bonds. The van der Waals surface area contributed by atoms with Crippen molar-refractivity contribution in [3.63, 3.8) is 0 Å². The van der Waals surface area contributed by atoms with Gasteiger partial charge in [-0.05, 0) is 31.7 Å². The molecule has 4 rings (SSSR count). The van der Waals surface area contributed by atoms with Gasteiger partial charge >= 0.3 is 0 Å². The number of rotatable bonds is 4. The zero-order chi connectivity index (χ0) is 17.9. The number of hydrogen-bond donors (Lipinski definition) is 0. The lowest BCUT2D eigenvalue weighted by Crippen LogP contribution is -2.47. The van der Waals surface area contributed by atoms with Gasteiger partial charge in [0, 0.05) is 63.4 Å². The van der Waals surface area contributed by atoms with E-state index in [9.17, 15) is 0 Å². The van der Waals surface area contributed by atoms with Crippen molar-refractivity contribution in [3.05, 3.63) is 29.7 Å². The highest BCUT2D eigenvalue weighted by molar-refractivity contribution is 5.47. The molecule has 2 aromatic rings. The predicted octanol–water partition coefficient (Wildman–Crippen LogP) is 2.06. The van der Waals surface area contributed by atoms with Gasteiger partial charge in [0.1, 0.15) is 5.82 Å². The van der Waals surface area contributed by atoms with Crippen LogP contribution in [0.4, 0.5) is 17.7 Å². The zero-order valence-corrected chi connectivity index (χ0v) is 15.7. The van der Waals surface area contributed by atoms with E-state index in [-0.39, 0.29) is 0 Å². The van der Waals surface area contributed by atoms with Gasteiger partial charge in [-0.1, -0.05) is 6.92 Å². The molecule has 2 aliphatic rings. The largest absolute Gasteiger partial charge is 0.356 e. The minimum absolute atomic E-state index is 0.824. The first-order valence-electron chi connectivity index (χ1n) is 9.64. The van der Waals surface area contributed by atoms with Crippen molar-refractivity contribution in [3.8, 4) is 0 Å². The molecule has 0 bridgehead atoms. The fraction of sp³-hybridized carbons (Fsp3) is 0.579. The summed E-state index contributed by atoms with van der Waals surface area (Å²) >= 11 is 0. The van der Waals surface area contributed by atoms with Gasteiger partial charge in [0.25, 0.3) is 0 Å². The van der Waals surface area contributed by atoms with Crippen LogP contribution in [-0.2, 0) is 6.42 Å². The summed E-state index contributed by atoms with van der Waals surface area (Å²) in [5, 5.41) is 0. The van der Waals surface area contributed by atoms with Crippen molar-refractivity contribution in [1.82, 2.24) is 19.9 Å². The van der Waals surface area contributed by atoms with Crippen LogP contribution < -0.4 is 14.7 Å². The van der Waals surface area contributed by atoms with E-state index in [2.05, 4.69) is 49.6 Å². The molecule has 26 heavy (non-hydrogen) atoms. The number of piperazine rings is 1. The first-order chi connectivity index (χ1) is 12.7. The van der Waals surface area contributed by atoms with E-state index >= 15 is 0 Å². The Bertz CT molecular complexity index is 732. The van der Waals surface area contributed by atoms with Crippen molar-refractivity contribution in [2.75, 3.05) is 54.0 Å². The fourth-order valence-corrected chi connectivity index (χ4v) is 3.59. The summed E-state index contributed by atoms with van der Waals surface area (Å²) in [5.74, 6) is 2.75. The molecule has 7 heteroatoms. The Balaban J connectivity index is 1.44. The molecule has 0 radical (unpaired) electrons. The Hall–Kier alpha value is -2.44. The molecule has 0 spiro atoms. The Kier molecular flexibility index (Phi) is 4.86. The summed E-state index contributed by atoms with van der Waals surface area (Å²) < 4.78 is 0. The van der Waals surface area contributed by atoms with Crippen LogP contribution in [0.2, 0.25) is 0 Å². The van der Waals surface area contributed by atoms with E-state index < -0.39 is 0 Å². The lowest BCUT2D eigenvalue weighted by Gasteiger charge is -2.35. The molecule has 2 fully saturated rings. The maximum absolute atomic E-state index is 4.85. The van der Waals surface area contributed by atoms with Crippen molar-refractivity contribution in [1.29, 1.82) is 0 Å². The van der Waals surface area contributed by atoms with Crippen LogP contribution in [0.5, 0.6) is 0 Å². The highest BCUT2D eigenvalue weighted by atomic mass is 15.4. The van der Waals surface area contributed by atoms with Crippen molar-refractivity contribution >= 4 is 17.7 Å². The standard InChI is InChI=1S/C19H27N7/c1-3-16-13-20-18(21-14-16)25-8-10-26(11-9-25)19-22-15(2)12-17(23-19)24-6-4-5-7-24/h12-14H,3-11H2,1-2H3. The van der Waals surface area contributed by atoms with Gasteiger partial charge in [-0.15, -0.1) is 0 Å². The summed E-state index contributed by atoms with van der Waals surface area (Å²) in [5.41, 5.74) is 2.22. The summed E-state index contributed by atoms with van der Waals surface area (Å²) in [4.78, 5) is 25.5. The van der Waals surface area contributed by atoms with E-state index in [1.54, 1.807) is 0 Å². The summed E-state index contributed by atoms with van der Waals surface area (Å²) in [6.07, 6.45) is 7.35. The second kappa shape index (κ2) is 7.43. The molecule has 2 aromatic heterocycles. The normalized spacial score (nSPS) is 17.8. The van der Waals surface area contributed by atoms with Gasteiger partial charge < -0.3 is 14.7 Å². The summed E-state index contributed by atoms with van der Waals surface area (Å²) in [6.45, 7) is 9.95. The van der Waals surface area contributed by atoms with E-state index in [0.717, 1.165) is 69.1 Å². The second-order valence-corrected chi connectivity index (χ2v) is 7.08. The van der Waals surface area contributed by atoms with Crippen molar-refractivity contribution in [2.24, 2.45) is 0 Å². The monoisotopic (exact) mass is 353 g/mol. The van der Waals surface area contributed by atoms with Gasteiger partial charge in [-0.3, -0.25) is 0 Å². The van der Waals surface area contributed by atoms with Crippen LogP contribution in [0.3, 0.4) is 0 Å². The summed E-state index contributed by atoms with van der Waals surface area (Å²) in [7, 11) is 0. The Morgan fingerprint density at radius 2 is 1.42 bits per heavy atom. The minimum Gasteiger partial charge on any atom is -0.356 e. The van der Waals surface area contributed by atoms with Crippen LogP contribution in [-0.4, -0.2) is 59.2 Å². The third-order valence-electron chi connectivity index (χ3n) is 5.20. The molecular formula is C19H27N7. The molecule has 0 saturated carbocycles. The molecular weight excluding hydrogens is 326 g/mol. The van der Waals surface area contributed by atoms with E-state index in [1.165, 1.54) is 18.4 Å². The van der Waals surface area contributed by atoms with Gasteiger partial charge in [0.2, 0.25) is 11.9 Å². The van der Waals surface area contributed by atoms with Crippen LogP contribution in [0.15, 0.2) is 18.5 Å². The molecule has 0 unspecified atom stereocenters. The molecule has 2 aliphatic heterocycles. The third kappa shape index (κ3) is 3.57. The molecule has 0 atom stereocenters. The predicted molar refractivity (Wildman–Crippen MR) is 104 cm³/mol. The lowest BCUT2D eigenvalue weighted by atomic mass is 10.3. The van der Waals surface area contributed by atoms with Crippen LogP contribution in [0.1, 0.15) is 31.0 Å². The van der Waals surface area contributed by atoms with Crippen LogP contribution in [0.25, 0.3) is 0 Å². The number of aromatic nitrogens is 4. The van der Waals surface area contributed by atoms with Crippen molar-refractivity contribution < 1.29 is 0 Å². The average molecular weight is 353 g/mol. The maximum atomic E-state index is 4.85. The van der Waals surface area contributed by atoms with E-state index in [0.29, 0.717) is 0 Å². The van der Waals surface area contributed by atoms with E-state index in [4.69, 9.17) is 4.98 Å². The first kappa shape index (κ1) is 17.0. The van der Waals surface area contributed by atoms with Gasteiger partial charge in [-0.2, -0.15) is 4.98 Å². The Labute approximate surface area is 155 Å². The molecule has 2 saturated heterocycles. The lowest BCUT2D eigenvalue weighted by molar-refractivity contribution is 0.626. The molecule has 0 aliphatic carbocycles. The third-order valence-corrected chi connectivity index (χ3v) is 5.20. The van der Waals surface area contributed by atoms with Gasteiger partial charge in [-0.25, -0.2) is 15.0 Å². The first-order valence-corrected chi connectivity index (χ1v) is 9.64. The van der Waals surface area contributed by atoms with E-state index in [1.807, 2.05) is 12.4 Å². The van der Waals surface area contributed by atoms with Crippen molar-refractivity contribution in [2.45, 2.75) is 33.1 Å².